The van der Waals surface area contributed by atoms with Crippen molar-refractivity contribution in [3.63, 3.8) is 0 Å². The molecule has 5 aliphatic rings. The van der Waals surface area contributed by atoms with Crippen LogP contribution in [-0.4, -0.2) is 31.1 Å². The first-order chi connectivity index (χ1) is 14.8. The van der Waals surface area contributed by atoms with Gasteiger partial charge in [0.25, 0.3) is 10.0 Å². The van der Waals surface area contributed by atoms with Crippen molar-refractivity contribution in [1.29, 1.82) is 0 Å². The fourth-order valence-electron chi connectivity index (χ4n) is 7.20. The summed E-state index contributed by atoms with van der Waals surface area (Å²) in [5.41, 5.74) is 4.39. The molecule has 4 aliphatic carbocycles. The molecule has 1 aromatic carbocycles. The molecule has 0 aromatic heterocycles. The largest absolute Gasteiger partial charge is 0.473 e. The smallest absolute Gasteiger partial charge is 0.263 e. The van der Waals surface area contributed by atoms with Crippen molar-refractivity contribution in [1.82, 2.24) is 0 Å². The number of carbonyl (C=O) groups is 1. The molecule has 1 aliphatic heterocycles. The minimum atomic E-state index is -3.92. The Hall–Kier alpha value is -1.48. The molecule has 32 heavy (non-hydrogen) atoms. The standard InChI is InChI=1S/C23H28BrFN2O4S/c1-21(2)18(6-14-3-4-16(24)7-17(14)25)32(29,30)27-19(31-21)11-22-8-13-5-15(22)10-23(9-13,12-22)20(26)28/h3-4,7,13,15,18H,5-6,8-12H2,1-2H3,(H2,26,28)/t13?,15?,18-,22?,23?/m1/s1. The summed E-state index contributed by atoms with van der Waals surface area (Å²) >= 11 is 3.22. The van der Waals surface area contributed by atoms with E-state index in [0.29, 0.717) is 34.7 Å². The first-order valence-corrected chi connectivity index (χ1v) is 13.4. The Kier molecular flexibility index (Phi) is 4.89. The molecule has 1 amide bonds. The molecule has 4 unspecified atom stereocenters. The molecule has 0 saturated heterocycles. The summed E-state index contributed by atoms with van der Waals surface area (Å²) in [5, 5.41) is -1.000. The molecule has 0 spiro atoms. The van der Waals surface area contributed by atoms with Crippen LogP contribution in [0.25, 0.3) is 0 Å². The van der Waals surface area contributed by atoms with E-state index >= 15 is 0 Å². The summed E-state index contributed by atoms with van der Waals surface area (Å²) in [4.78, 5) is 12.2. The lowest BCUT2D eigenvalue weighted by atomic mass is 9.66. The minimum Gasteiger partial charge on any atom is -0.473 e. The number of carbonyl (C=O) groups excluding carboxylic acids is 1. The first-order valence-electron chi connectivity index (χ1n) is 11.1. The van der Waals surface area contributed by atoms with Crippen LogP contribution in [0.4, 0.5) is 4.39 Å². The van der Waals surface area contributed by atoms with Gasteiger partial charge in [-0.2, -0.15) is 0 Å². The second-order valence-electron chi connectivity index (χ2n) is 10.9. The summed E-state index contributed by atoms with van der Waals surface area (Å²) in [5.74, 6) is 0.326. The Labute approximate surface area is 196 Å². The molecule has 4 bridgehead atoms. The Morgan fingerprint density at radius 2 is 2.06 bits per heavy atom. The van der Waals surface area contributed by atoms with E-state index in [4.69, 9.17) is 10.5 Å². The molecular weight excluding hydrogens is 499 g/mol. The van der Waals surface area contributed by atoms with Gasteiger partial charge in [0.15, 0.2) is 0 Å². The number of nitrogens with two attached hydrogens (primary N) is 1. The maximum atomic E-state index is 14.4. The molecule has 6 nitrogen and oxygen atoms in total. The van der Waals surface area contributed by atoms with Gasteiger partial charge in [-0.25, -0.2) is 12.8 Å². The van der Waals surface area contributed by atoms with E-state index in [-0.39, 0.29) is 23.6 Å². The molecule has 2 N–H and O–H groups in total. The van der Waals surface area contributed by atoms with Crippen LogP contribution in [0.1, 0.15) is 57.9 Å². The molecule has 0 radical (unpaired) electrons. The van der Waals surface area contributed by atoms with Crippen molar-refractivity contribution in [3.05, 3.63) is 34.1 Å². The highest BCUT2D eigenvalue weighted by atomic mass is 79.9. The van der Waals surface area contributed by atoms with Gasteiger partial charge in [-0.3, -0.25) is 4.79 Å². The lowest BCUT2D eigenvalue weighted by molar-refractivity contribution is -0.130. The van der Waals surface area contributed by atoms with Crippen LogP contribution < -0.4 is 5.73 Å². The zero-order valence-electron chi connectivity index (χ0n) is 18.2. The van der Waals surface area contributed by atoms with Gasteiger partial charge in [-0.05, 0) is 87.3 Å². The lowest BCUT2D eigenvalue weighted by Gasteiger charge is -2.41. The highest BCUT2D eigenvalue weighted by molar-refractivity contribution is 9.10. The summed E-state index contributed by atoms with van der Waals surface area (Å²) in [7, 11) is -3.92. The SMILES string of the molecule is CC1(C)OC(CC23CC4CC2CC(C(N)=O)(C4)C3)=NS(=O)(=O)[C@@H]1Cc1ccc(Br)cc1F. The topological polar surface area (TPSA) is 98.8 Å². The van der Waals surface area contributed by atoms with Crippen LogP contribution in [0.5, 0.6) is 0 Å². The van der Waals surface area contributed by atoms with Crippen LogP contribution in [-0.2, 0) is 26.0 Å². The van der Waals surface area contributed by atoms with Crippen molar-refractivity contribution >= 4 is 37.8 Å². The van der Waals surface area contributed by atoms with Gasteiger partial charge in [0.2, 0.25) is 11.8 Å². The van der Waals surface area contributed by atoms with Crippen molar-refractivity contribution in [3.8, 4) is 0 Å². The Morgan fingerprint density at radius 1 is 1.31 bits per heavy atom. The Morgan fingerprint density at radius 3 is 2.72 bits per heavy atom. The van der Waals surface area contributed by atoms with Crippen molar-refractivity contribution < 1.29 is 22.3 Å². The van der Waals surface area contributed by atoms with E-state index in [2.05, 4.69) is 20.3 Å². The lowest BCUT2D eigenvalue weighted by Crippen LogP contribution is -2.51. The number of ether oxygens (including phenoxy) is 1. The van der Waals surface area contributed by atoms with Gasteiger partial charge in [0.05, 0.1) is 5.41 Å². The van der Waals surface area contributed by atoms with E-state index in [1.807, 2.05) is 0 Å². The molecular formula is C23H28BrFN2O4S. The summed E-state index contributed by atoms with van der Waals surface area (Å²) in [6, 6.07) is 4.60. The number of halogens is 2. The number of nitrogens with zero attached hydrogens (tertiary/aromatic N) is 1. The third-order valence-corrected chi connectivity index (χ3v) is 10.8. The van der Waals surface area contributed by atoms with Crippen LogP contribution in [0.15, 0.2) is 27.1 Å². The molecule has 4 fully saturated rings. The summed E-state index contributed by atoms with van der Waals surface area (Å²) < 4.78 is 51.7. The zero-order valence-corrected chi connectivity index (χ0v) is 20.6. The molecule has 5 atom stereocenters. The van der Waals surface area contributed by atoms with E-state index in [0.717, 1.165) is 25.7 Å². The van der Waals surface area contributed by atoms with Crippen LogP contribution in [0.3, 0.4) is 0 Å². The van der Waals surface area contributed by atoms with Crippen LogP contribution >= 0.6 is 15.9 Å². The van der Waals surface area contributed by atoms with Crippen LogP contribution in [0.2, 0.25) is 0 Å². The normalized spacial score (nSPS) is 38.4. The maximum absolute atomic E-state index is 14.4. The van der Waals surface area contributed by atoms with Crippen molar-refractivity contribution in [2.45, 2.75) is 69.6 Å². The van der Waals surface area contributed by atoms with Gasteiger partial charge >= 0.3 is 0 Å². The van der Waals surface area contributed by atoms with Gasteiger partial charge in [-0.1, -0.05) is 22.0 Å². The summed E-state index contributed by atoms with van der Waals surface area (Å²) in [6.45, 7) is 3.45. The molecule has 1 aromatic rings. The highest BCUT2D eigenvalue weighted by Crippen LogP contribution is 2.71. The van der Waals surface area contributed by atoms with Gasteiger partial charge in [0, 0.05) is 10.9 Å². The molecule has 174 valence electrons. The van der Waals surface area contributed by atoms with Gasteiger partial charge in [-0.15, -0.1) is 4.40 Å². The van der Waals surface area contributed by atoms with E-state index < -0.39 is 32.1 Å². The van der Waals surface area contributed by atoms with Gasteiger partial charge in [0.1, 0.15) is 16.7 Å². The highest BCUT2D eigenvalue weighted by Gasteiger charge is 2.66. The fourth-order valence-corrected chi connectivity index (χ4v) is 9.20. The number of hydrogen-bond acceptors (Lipinski definition) is 4. The summed E-state index contributed by atoms with van der Waals surface area (Å²) in [6.07, 6.45) is 4.73. The average Bonchev–Trinajstić information content (AvgIpc) is 3.00. The molecule has 1 heterocycles. The maximum Gasteiger partial charge on any atom is 0.263 e. The van der Waals surface area contributed by atoms with E-state index in [1.165, 1.54) is 6.07 Å². The van der Waals surface area contributed by atoms with E-state index in [9.17, 15) is 17.6 Å². The Balaban J connectivity index is 1.42. The predicted octanol–water partition coefficient (Wildman–Crippen LogP) is 4.11. The average molecular weight is 527 g/mol. The quantitative estimate of drug-likeness (QED) is 0.623. The third-order valence-electron chi connectivity index (χ3n) is 8.38. The molecule has 6 rings (SSSR count). The van der Waals surface area contributed by atoms with Gasteiger partial charge < -0.3 is 10.5 Å². The Bertz CT molecular complexity index is 1140. The van der Waals surface area contributed by atoms with Crippen molar-refractivity contribution in [2.75, 3.05) is 0 Å². The number of sulfonamides is 1. The minimum absolute atomic E-state index is 0.0220. The number of amides is 1. The molecule has 9 heteroatoms. The third kappa shape index (κ3) is 3.42. The number of hydrogen-bond donors (Lipinski definition) is 1. The monoisotopic (exact) mass is 526 g/mol. The van der Waals surface area contributed by atoms with E-state index in [1.54, 1.807) is 26.0 Å². The number of rotatable bonds is 5. The second-order valence-corrected chi connectivity index (χ2v) is 13.6. The predicted molar refractivity (Wildman–Crippen MR) is 122 cm³/mol. The fraction of sp³-hybridized carbons (Fsp3) is 0.652. The number of benzene rings is 1. The second kappa shape index (κ2) is 7.01. The zero-order chi connectivity index (χ0) is 23.1. The van der Waals surface area contributed by atoms with Crippen LogP contribution in [0, 0.1) is 28.5 Å². The van der Waals surface area contributed by atoms with Crippen molar-refractivity contribution in [2.24, 2.45) is 32.8 Å². The molecule has 4 saturated carbocycles. The number of primary amides is 1. The first kappa shape index (κ1) is 22.3.